The van der Waals surface area contributed by atoms with Crippen LogP contribution in [0.15, 0.2) is 30.3 Å². The van der Waals surface area contributed by atoms with Crippen LogP contribution >= 0.6 is 0 Å². The van der Waals surface area contributed by atoms with E-state index < -0.39 is 18.0 Å². The Bertz CT molecular complexity index is 391. The third kappa shape index (κ3) is 4.18. The van der Waals surface area contributed by atoms with E-state index in [0.717, 1.165) is 0 Å². The van der Waals surface area contributed by atoms with E-state index in [4.69, 9.17) is 9.47 Å². The second-order valence-corrected chi connectivity index (χ2v) is 3.56. The molecule has 0 fully saturated rings. The highest BCUT2D eigenvalue weighted by molar-refractivity contribution is 5.89. The summed E-state index contributed by atoms with van der Waals surface area (Å²) >= 11 is 0. The lowest BCUT2D eigenvalue weighted by atomic mass is 10.2. The van der Waals surface area contributed by atoms with Gasteiger partial charge in [-0.1, -0.05) is 18.2 Å². The largest absolute Gasteiger partial charge is 0.465 e. The summed E-state index contributed by atoms with van der Waals surface area (Å²) in [4.78, 5) is 23.1. The van der Waals surface area contributed by atoms with Gasteiger partial charge in [-0.2, -0.15) is 0 Å². The van der Waals surface area contributed by atoms with Crippen LogP contribution in [0.4, 0.5) is 0 Å². The lowest BCUT2D eigenvalue weighted by molar-refractivity contribution is -0.146. The zero-order valence-electron chi connectivity index (χ0n) is 10.5. The fourth-order valence-corrected chi connectivity index (χ4v) is 1.33. The zero-order valence-corrected chi connectivity index (χ0v) is 10.5. The van der Waals surface area contributed by atoms with Crippen molar-refractivity contribution in [3.8, 4) is 0 Å². The predicted octanol–water partition coefficient (Wildman–Crippen LogP) is 0.994. The third-order valence-electron chi connectivity index (χ3n) is 2.31. The van der Waals surface area contributed by atoms with E-state index in [0.29, 0.717) is 12.2 Å². The summed E-state index contributed by atoms with van der Waals surface area (Å²) in [5.41, 5.74) is 0.455. The van der Waals surface area contributed by atoms with Crippen molar-refractivity contribution in [1.29, 1.82) is 0 Å². The Kier molecular flexibility index (Phi) is 5.87. The molecule has 0 aliphatic heterocycles. The summed E-state index contributed by atoms with van der Waals surface area (Å²) in [6.07, 6.45) is 0. The molecule has 98 valence electrons. The number of hydrogen-bond acceptors (Lipinski definition) is 5. The van der Waals surface area contributed by atoms with Gasteiger partial charge in [0.2, 0.25) is 0 Å². The highest BCUT2D eigenvalue weighted by Crippen LogP contribution is 2.02. The number of rotatable bonds is 6. The summed E-state index contributed by atoms with van der Waals surface area (Å²) in [5.74, 6) is -0.888. The second kappa shape index (κ2) is 7.45. The SMILES string of the molecule is CCOC(=O)[C@@H](COC(=O)c1ccccc1)NC. The minimum Gasteiger partial charge on any atom is -0.465 e. The van der Waals surface area contributed by atoms with Crippen LogP contribution in [0.25, 0.3) is 0 Å². The predicted molar refractivity (Wildman–Crippen MR) is 66.2 cm³/mol. The van der Waals surface area contributed by atoms with Gasteiger partial charge in [-0.05, 0) is 26.1 Å². The molecule has 1 aromatic rings. The quantitative estimate of drug-likeness (QED) is 0.764. The van der Waals surface area contributed by atoms with Crippen LogP contribution < -0.4 is 5.32 Å². The van der Waals surface area contributed by atoms with Crippen LogP contribution in [0.5, 0.6) is 0 Å². The number of benzene rings is 1. The first-order valence-electron chi connectivity index (χ1n) is 5.75. The molecule has 5 heteroatoms. The average molecular weight is 251 g/mol. The molecular weight excluding hydrogens is 234 g/mol. The maximum Gasteiger partial charge on any atom is 0.338 e. The summed E-state index contributed by atoms with van der Waals surface area (Å²) in [5, 5.41) is 2.74. The number of ether oxygens (including phenoxy) is 2. The van der Waals surface area contributed by atoms with Crippen molar-refractivity contribution in [3.05, 3.63) is 35.9 Å². The van der Waals surface area contributed by atoms with Gasteiger partial charge in [-0.25, -0.2) is 4.79 Å². The van der Waals surface area contributed by atoms with Crippen molar-refractivity contribution in [2.45, 2.75) is 13.0 Å². The molecule has 0 heterocycles. The molecule has 0 radical (unpaired) electrons. The monoisotopic (exact) mass is 251 g/mol. The summed E-state index contributed by atoms with van der Waals surface area (Å²) in [7, 11) is 1.61. The van der Waals surface area contributed by atoms with Gasteiger partial charge in [0.25, 0.3) is 0 Å². The topological polar surface area (TPSA) is 64.6 Å². The van der Waals surface area contributed by atoms with Gasteiger partial charge < -0.3 is 14.8 Å². The van der Waals surface area contributed by atoms with Crippen molar-refractivity contribution in [3.63, 3.8) is 0 Å². The van der Waals surface area contributed by atoms with Gasteiger partial charge >= 0.3 is 11.9 Å². The second-order valence-electron chi connectivity index (χ2n) is 3.56. The first kappa shape index (κ1) is 14.2. The van der Waals surface area contributed by atoms with Crippen LogP contribution in [-0.4, -0.2) is 38.2 Å². The molecule has 1 N–H and O–H groups in total. The van der Waals surface area contributed by atoms with E-state index in [1.165, 1.54) is 0 Å². The fourth-order valence-electron chi connectivity index (χ4n) is 1.33. The van der Waals surface area contributed by atoms with E-state index in [2.05, 4.69) is 5.32 Å². The molecular formula is C13H17NO4. The van der Waals surface area contributed by atoms with Crippen molar-refractivity contribution < 1.29 is 19.1 Å². The normalized spacial score (nSPS) is 11.7. The molecule has 1 aromatic carbocycles. The number of carbonyl (C=O) groups excluding carboxylic acids is 2. The van der Waals surface area contributed by atoms with Gasteiger partial charge in [-0.3, -0.25) is 4.79 Å². The average Bonchev–Trinajstić information content (AvgIpc) is 2.40. The van der Waals surface area contributed by atoms with Gasteiger partial charge in [0, 0.05) is 0 Å². The van der Waals surface area contributed by atoms with E-state index in [1.807, 2.05) is 6.07 Å². The van der Waals surface area contributed by atoms with Gasteiger partial charge in [0.05, 0.1) is 12.2 Å². The number of likely N-dealkylation sites (N-methyl/N-ethyl adjacent to an activating group) is 1. The van der Waals surface area contributed by atoms with Crippen molar-refractivity contribution in [2.75, 3.05) is 20.3 Å². The Labute approximate surface area is 106 Å². The minimum atomic E-state index is -0.641. The number of hydrogen-bond donors (Lipinski definition) is 1. The smallest absolute Gasteiger partial charge is 0.338 e. The van der Waals surface area contributed by atoms with Crippen LogP contribution in [0, 0.1) is 0 Å². The Morgan fingerprint density at radius 3 is 2.44 bits per heavy atom. The Morgan fingerprint density at radius 1 is 1.22 bits per heavy atom. The summed E-state index contributed by atoms with van der Waals surface area (Å²) < 4.78 is 9.89. The van der Waals surface area contributed by atoms with E-state index in [9.17, 15) is 9.59 Å². The van der Waals surface area contributed by atoms with Gasteiger partial charge in [-0.15, -0.1) is 0 Å². The van der Waals surface area contributed by atoms with Crippen LogP contribution in [0.1, 0.15) is 17.3 Å². The standard InChI is InChI=1S/C13H17NO4/c1-3-17-13(16)11(14-2)9-18-12(15)10-7-5-4-6-8-10/h4-8,11,14H,3,9H2,1-2H3/t11-/m1/s1. The first-order valence-corrected chi connectivity index (χ1v) is 5.75. The van der Waals surface area contributed by atoms with Gasteiger partial charge in [0.15, 0.2) is 0 Å². The Morgan fingerprint density at radius 2 is 1.89 bits per heavy atom. The number of nitrogens with one attached hydrogen (secondary N) is 1. The molecule has 5 nitrogen and oxygen atoms in total. The molecule has 1 rings (SSSR count). The zero-order chi connectivity index (χ0) is 13.4. The Balaban J connectivity index is 2.48. The number of carbonyl (C=O) groups is 2. The van der Waals surface area contributed by atoms with E-state index in [1.54, 1.807) is 38.2 Å². The van der Waals surface area contributed by atoms with E-state index >= 15 is 0 Å². The van der Waals surface area contributed by atoms with E-state index in [-0.39, 0.29) is 6.61 Å². The molecule has 18 heavy (non-hydrogen) atoms. The molecule has 1 atom stereocenters. The molecule has 0 aliphatic carbocycles. The lowest BCUT2D eigenvalue weighted by Gasteiger charge is -2.14. The first-order chi connectivity index (χ1) is 8.69. The summed E-state index contributed by atoms with van der Waals surface area (Å²) in [6, 6.07) is 7.97. The van der Waals surface area contributed by atoms with Gasteiger partial charge in [0.1, 0.15) is 12.6 Å². The van der Waals surface area contributed by atoms with Crippen LogP contribution in [0.2, 0.25) is 0 Å². The molecule has 0 aliphatic rings. The highest BCUT2D eigenvalue weighted by atomic mass is 16.6. The lowest BCUT2D eigenvalue weighted by Crippen LogP contribution is -2.40. The van der Waals surface area contributed by atoms with Crippen molar-refractivity contribution >= 4 is 11.9 Å². The molecule has 0 unspecified atom stereocenters. The Hall–Kier alpha value is -1.88. The van der Waals surface area contributed by atoms with Crippen molar-refractivity contribution in [1.82, 2.24) is 5.32 Å². The fraction of sp³-hybridized carbons (Fsp3) is 0.385. The van der Waals surface area contributed by atoms with Crippen LogP contribution in [-0.2, 0) is 14.3 Å². The highest BCUT2D eigenvalue weighted by Gasteiger charge is 2.19. The summed E-state index contributed by atoms with van der Waals surface area (Å²) in [6.45, 7) is 1.97. The maximum absolute atomic E-state index is 11.6. The molecule has 0 amide bonds. The maximum atomic E-state index is 11.6. The van der Waals surface area contributed by atoms with Crippen molar-refractivity contribution in [2.24, 2.45) is 0 Å². The third-order valence-corrected chi connectivity index (χ3v) is 2.31. The molecule has 0 saturated heterocycles. The minimum absolute atomic E-state index is 0.0525. The molecule has 0 spiro atoms. The molecule has 0 aromatic heterocycles. The van der Waals surface area contributed by atoms with Crippen LogP contribution in [0.3, 0.4) is 0 Å². The number of esters is 2. The molecule has 0 saturated carbocycles. The molecule has 0 bridgehead atoms.